The zero-order valence-electron chi connectivity index (χ0n) is 14.7. The Balaban J connectivity index is 1.97. The first-order valence-corrected chi connectivity index (χ1v) is 8.23. The van der Waals surface area contributed by atoms with Gasteiger partial charge in [0.1, 0.15) is 11.6 Å². The molecule has 3 aromatic rings. The molecule has 138 valence electrons. The molecule has 0 fully saturated rings. The molecule has 2 N–H and O–H groups in total. The molecule has 0 spiro atoms. The molecule has 0 unspecified atom stereocenters. The Kier molecular flexibility index (Phi) is 4.98. The lowest BCUT2D eigenvalue weighted by molar-refractivity contribution is 0.0698. The number of halogens is 1. The summed E-state index contributed by atoms with van der Waals surface area (Å²) in [5.41, 5.74) is 0.541. The lowest BCUT2D eigenvalue weighted by Crippen LogP contribution is -2.16. The van der Waals surface area contributed by atoms with Gasteiger partial charge in [0.15, 0.2) is 0 Å². The summed E-state index contributed by atoms with van der Waals surface area (Å²) in [5, 5.41) is 15.9. The number of hydrogen-bond acceptors (Lipinski definition) is 4. The zero-order chi connectivity index (χ0) is 19.6. The highest BCUT2D eigenvalue weighted by atomic mass is 19.1. The van der Waals surface area contributed by atoms with E-state index >= 15 is 0 Å². The van der Waals surface area contributed by atoms with Gasteiger partial charge in [0, 0.05) is 5.92 Å². The van der Waals surface area contributed by atoms with Gasteiger partial charge in [0.25, 0.3) is 5.91 Å². The van der Waals surface area contributed by atoms with Crippen molar-refractivity contribution in [1.82, 2.24) is 14.8 Å². The van der Waals surface area contributed by atoms with E-state index in [9.17, 15) is 19.1 Å². The SMILES string of the molecule is CC(C)c1nc(C(=O)Nc2ccccc2C(=O)O)nn1-c1cccc(F)c1. The van der Waals surface area contributed by atoms with Crippen LogP contribution in [0.15, 0.2) is 48.5 Å². The van der Waals surface area contributed by atoms with Crippen LogP contribution in [0.3, 0.4) is 0 Å². The van der Waals surface area contributed by atoms with Crippen LogP contribution < -0.4 is 5.32 Å². The Bertz CT molecular complexity index is 1010. The van der Waals surface area contributed by atoms with Crippen molar-refractivity contribution in [3.05, 3.63) is 71.6 Å². The second-order valence-corrected chi connectivity index (χ2v) is 6.14. The first-order valence-electron chi connectivity index (χ1n) is 8.23. The van der Waals surface area contributed by atoms with E-state index < -0.39 is 17.7 Å². The van der Waals surface area contributed by atoms with Crippen molar-refractivity contribution < 1.29 is 19.1 Å². The minimum Gasteiger partial charge on any atom is -0.478 e. The maximum atomic E-state index is 13.6. The summed E-state index contributed by atoms with van der Waals surface area (Å²) in [6.45, 7) is 3.75. The number of carboxylic acid groups (broad SMARTS) is 1. The van der Waals surface area contributed by atoms with Gasteiger partial charge in [-0.3, -0.25) is 4.79 Å². The minimum absolute atomic E-state index is 0.0421. The van der Waals surface area contributed by atoms with Gasteiger partial charge < -0.3 is 10.4 Å². The predicted molar refractivity (Wildman–Crippen MR) is 96.8 cm³/mol. The molecular formula is C19H17FN4O3. The smallest absolute Gasteiger partial charge is 0.337 e. The number of benzene rings is 2. The number of carboxylic acids is 1. The van der Waals surface area contributed by atoms with Gasteiger partial charge >= 0.3 is 5.97 Å². The molecule has 8 heteroatoms. The van der Waals surface area contributed by atoms with E-state index in [-0.39, 0.29) is 23.0 Å². The summed E-state index contributed by atoms with van der Waals surface area (Å²) >= 11 is 0. The molecule has 0 radical (unpaired) electrons. The van der Waals surface area contributed by atoms with E-state index in [1.54, 1.807) is 24.3 Å². The van der Waals surface area contributed by atoms with Gasteiger partial charge in [-0.15, -0.1) is 5.10 Å². The number of aromatic nitrogens is 3. The van der Waals surface area contributed by atoms with Crippen molar-refractivity contribution in [2.24, 2.45) is 0 Å². The quantitative estimate of drug-likeness (QED) is 0.719. The molecule has 7 nitrogen and oxygen atoms in total. The molecule has 0 aliphatic rings. The molecule has 1 amide bonds. The fourth-order valence-corrected chi connectivity index (χ4v) is 2.55. The largest absolute Gasteiger partial charge is 0.478 e. The number of hydrogen-bond donors (Lipinski definition) is 2. The maximum absolute atomic E-state index is 13.6. The predicted octanol–water partition coefficient (Wildman–Crippen LogP) is 3.48. The number of para-hydroxylation sites is 1. The molecule has 0 aliphatic heterocycles. The summed E-state index contributed by atoms with van der Waals surface area (Å²) in [4.78, 5) is 28.1. The molecule has 1 heterocycles. The van der Waals surface area contributed by atoms with Crippen LogP contribution in [-0.4, -0.2) is 31.7 Å². The van der Waals surface area contributed by atoms with Crippen molar-refractivity contribution in [1.29, 1.82) is 0 Å². The number of anilines is 1. The topological polar surface area (TPSA) is 97.1 Å². The van der Waals surface area contributed by atoms with Crippen molar-refractivity contribution in [2.45, 2.75) is 19.8 Å². The molecular weight excluding hydrogens is 351 g/mol. The Morgan fingerprint density at radius 3 is 2.56 bits per heavy atom. The number of aromatic carboxylic acids is 1. The average Bonchev–Trinajstić information content (AvgIpc) is 3.08. The highest BCUT2D eigenvalue weighted by Crippen LogP contribution is 2.20. The highest BCUT2D eigenvalue weighted by molar-refractivity contribution is 6.05. The van der Waals surface area contributed by atoms with Gasteiger partial charge in [0.05, 0.1) is 16.9 Å². The Morgan fingerprint density at radius 2 is 1.89 bits per heavy atom. The van der Waals surface area contributed by atoms with Gasteiger partial charge in [0.2, 0.25) is 5.82 Å². The van der Waals surface area contributed by atoms with Crippen molar-refractivity contribution >= 4 is 17.6 Å². The van der Waals surface area contributed by atoms with Crippen LogP contribution in [0.5, 0.6) is 0 Å². The Hall–Kier alpha value is -3.55. The summed E-state index contributed by atoms with van der Waals surface area (Å²) in [6, 6.07) is 11.8. The Morgan fingerprint density at radius 1 is 1.15 bits per heavy atom. The second-order valence-electron chi connectivity index (χ2n) is 6.14. The molecule has 3 rings (SSSR count). The average molecular weight is 368 g/mol. The number of carbonyl (C=O) groups excluding carboxylic acids is 1. The third kappa shape index (κ3) is 3.84. The number of carbonyl (C=O) groups is 2. The number of nitrogens with zero attached hydrogens (tertiary/aromatic N) is 3. The van der Waals surface area contributed by atoms with E-state index in [0.717, 1.165) is 0 Å². The molecule has 0 atom stereocenters. The fraction of sp³-hybridized carbons (Fsp3) is 0.158. The molecule has 0 aliphatic carbocycles. The van der Waals surface area contributed by atoms with Gasteiger partial charge in [-0.1, -0.05) is 32.0 Å². The van der Waals surface area contributed by atoms with Crippen LogP contribution in [0.25, 0.3) is 5.69 Å². The van der Waals surface area contributed by atoms with Crippen LogP contribution in [0, 0.1) is 5.82 Å². The number of rotatable bonds is 5. The summed E-state index contributed by atoms with van der Waals surface area (Å²) in [6.07, 6.45) is 0. The molecule has 2 aromatic carbocycles. The van der Waals surface area contributed by atoms with E-state index in [1.165, 1.54) is 28.9 Å². The van der Waals surface area contributed by atoms with Crippen molar-refractivity contribution in [3.63, 3.8) is 0 Å². The van der Waals surface area contributed by atoms with Crippen LogP contribution in [0.4, 0.5) is 10.1 Å². The second kappa shape index (κ2) is 7.36. The lowest BCUT2D eigenvalue weighted by Gasteiger charge is -2.07. The maximum Gasteiger partial charge on any atom is 0.337 e. The lowest BCUT2D eigenvalue weighted by atomic mass is 10.2. The van der Waals surface area contributed by atoms with Crippen LogP contribution in [-0.2, 0) is 0 Å². The Labute approximate surface area is 154 Å². The van der Waals surface area contributed by atoms with Crippen LogP contribution >= 0.6 is 0 Å². The highest BCUT2D eigenvalue weighted by Gasteiger charge is 2.21. The van der Waals surface area contributed by atoms with E-state index in [4.69, 9.17) is 0 Å². The van der Waals surface area contributed by atoms with Crippen LogP contribution in [0.1, 0.15) is 46.6 Å². The van der Waals surface area contributed by atoms with E-state index in [2.05, 4.69) is 15.4 Å². The number of nitrogens with one attached hydrogen (secondary N) is 1. The van der Waals surface area contributed by atoms with Crippen molar-refractivity contribution in [3.8, 4) is 5.69 Å². The summed E-state index contributed by atoms with van der Waals surface area (Å²) < 4.78 is 15.0. The van der Waals surface area contributed by atoms with Gasteiger partial charge in [-0.05, 0) is 30.3 Å². The minimum atomic E-state index is -1.16. The van der Waals surface area contributed by atoms with Gasteiger partial charge in [-0.2, -0.15) is 0 Å². The van der Waals surface area contributed by atoms with Crippen molar-refractivity contribution in [2.75, 3.05) is 5.32 Å². The monoisotopic (exact) mass is 368 g/mol. The van der Waals surface area contributed by atoms with Crippen LogP contribution in [0.2, 0.25) is 0 Å². The first-order chi connectivity index (χ1) is 12.9. The molecule has 27 heavy (non-hydrogen) atoms. The summed E-state index contributed by atoms with van der Waals surface area (Å²) in [5.74, 6) is -1.97. The summed E-state index contributed by atoms with van der Waals surface area (Å²) in [7, 11) is 0. The molecule has 0 saturated heterocycles. The third-order valence-corrected chi connectivity index (χ3v) is 3.81. The molecule has 1 aromatic heterocycles. The molecule has 0 saturated carbocycles. The third-order valence-electron chi connectivity index (χ3n) is 3.81. The fourth-order valence-electron chi connectivity index (χ4n) is 2.55. The standard InChI is InChI=1S/C19H17FN4O3/c1-11(2)17-22-16(23-24(17)13-7-5-6-12(20)10-13)18(25)21-15-9-4-3-8-14(15)19(26)27/h3-11H,1-2H3,(H,21,25)(H,26,27). The van der Waals surface area contributed by atoms with Gasteiger partial charge in [-0.25, -0.2) is 18.9 Å². The first kappa shape index (κ1) is 18.2. The zero-order valence-corrected chi connectivity index (χ0v) is 14.7. The normalized spacial score (nSPS) is 10.8. The number of amides is 1. The molecule has 0 bridgehead atoms. The van der Waals surface area contributed by atoms with E-state index in [0.29, 0.717) is 11.5 Å². The van der Waals surface area contributed by atoms with E-state index in [1.807, 2.05) is 13.8 Å².